The minimum Gasteiger partial charge on any atom is -0.284 e. The van der Waals surface area contributed by atoms with Crippen LogP contribution in [0.5, 0.6) is 0 Å². The molecule has 1 unspecified atom stereocenters. The number of halogens is 1. The molecule has 0 saturated heterocycles. The van der Waals surface area contributed by atoms with E-state index in [1.54, 1.807) is 12.1 Å². The van der Waals surface area contributed by atoms with Crippen molar-refractivity contribution in [1.29, 1.82) is 0 Å². The Labute approximate surface area is 108 Å². The van der Waals surface area contributed by atoms with E-state index in [4.69, 9.17) is 16.2 Å². The Bertz CT molecular complexity index is 592. The first-order valence-corrected chi connectivity index (χ1v) is 6.82. The van der Waals surface area contributed by atoms with Crippen molar-refractivity contribution in [2.45, 2.75) is 4.71 Å². The van der Waals surface area contributed by atoms with E-state index in [0.29, 0.717) is 4.90 Å². The van der Waals surface area contributed by atoms with Crippen LogP contribution in [0.25, 0.3) is 0 Å². The Morgan fingerprint density at radius 2 is 1.61 bits per heavy atom. The lowest BCUT2D eigenvalue weighted by atomic mass is 10.1. The first kappa shape index (κ1) is 13.0. The molecule has 0 spiro atoms. The Morgan fingerprint density at radius 1 is 1.17 bits per heavy atom. The zero-order valence-corrected chi connectivity index (χ0v) is 10.5. The molecule has 8 heteroatoms. The minimum absolute atomic E-state index is 0.196. The van der Waals surface area contributed by atoms with Crippen molar-refractivity contribution in [2.75, 3.05) is 6.54 Å². The topological polar surface area (TPSA) is 91.8 Å². The molecule has 96 valence electrons. The van der Waals surface area contributed by atoms with Crippen molar-refractivity contribution in [3.8, 4) is 0 Å². The van der Waals surface area contributed by atoms with Gasteiger partial charge in [0.1, 0.15) is 0 Å². The van der Waals surface area contributed by atoms with Gasteiger partial charge in [-0.15, -0.1) is 11.6 Å². The van der Waals surface area contributed by atoms with Crippen LogP contribution in [0.15, 0.2) is 24.3 Å². The van der Waals surface area contributed by atoms with Gasteiger partial charge in [0.25, 0.3) is 21.9 Å². The molecule has 1 atom stereocenters. The summed E-state index contributed by atoms with van der Waals surface area (Å²) in [6, 6.07) is 6.11. The summed E-state index contributed by atoms with van der Waals surface area (Å²) >= 11 is 5.43. The van der Waals surface area contributed by atoms with Gasteiger partial charge in [0.15, 0.2) is 4.71 Å². The molecule has 0 bridgehead atoms. The van der Waals surface area contributed by atoms with E-state index >= 15 is 0 Å². The van der Waals surface area contributed by atoms with Crippen LogP contribution in [0, 0.1) is 0 Å². The van der Waals surface area contributed by atoms with Crippen LogP contribution in [0.2, 0.25) is 0 Å². The lowest BCUT2D eigenvalue weighted by molar-refractivity contribution is 0.0660. The van der Waals surface area contributed by atoms with Crippen LogP contribution in [0.4, 0.5) is 0 Å². The largest absolute Gasteiger partial charge is 0.284 e. The summed E-state index contributed by atoms with van der Waals surface area (Å²) in [5.74, 6) is -1.24. The third kappa shape index (κ3) is 2.12. The van der Waals surface area contributed by atoms with E-state index in [1.807, 2.05) is 0 Å². The van der Waals surface area contributed by atoms with Gasteiger partial charge in [0, 0.05) is 0 Å². The maximum absolute atomic E-state index is 11.8. The lowest BCUT2D eigenvalue weighted by Crippen LogP contribution is -2.37. The zero-order chi connectivity index (χ0) is 13.5. The molecule has 1 aromatic rings. The van der Waals surface area contributed by atoms with Gasteiger partial charge in [-0.1, -0.05) is 12.1 Å². The molecule has 2 rings (SSSR count). The molecule has 0 radical (unpaired) electrons. The highest BCUT2D eigenvalue weighted by Crippen LogP contribution is 2.23. The molecule has 2 amide bonds. The first-order chi connectivity index (χ1) is 8.32. The van der Waals surface area contributed by atoms with Crippen molar-refractivity contribution in [1.82, 2.24) is 4.90 Å². The van der Waals surface area contributed by atoms with Gasteiger partial charge in [0.2, 0.25) is 0 Å². The van der Waals surface area contributed by atoms with Gasteiger partial charge in [0.05, 0.1) is 17.7 Å². The third-order valence-corrected chi connectivity index (χ3v) is 4.14. The van der Waals surface area contributed by atoms with Crippen LogP contribution in [0.1, 0.15) is 20.7 Å². The number of benzene rings is 1. The zero-order valence-electron chi connectivity index (χ0n) is 8.91. The second kappa shape index (κ2) is 4.34. The van der Waals surface area contributed by atoms with E-state index in [1.165, 1.54) is 12.1 Å². The molecule has 0 aromatic heterocycles. The fraction of sp³-hybridized carbons (Fsp3) is 0.200. The van der Waals surface area contributed by atoms with Crippen LogP contribution in [-0.2, 0) is 10.1 Å². The van der Waals surface area contributed by atoms with Crippen molar-refractivity contribution in [2.24, 2.45) is 0 Å². The molecule has 1 aliphatic rings. The van der Waals surface area contributed by atoms with Crippen LogP contribution < -0.4 is 0 Å². The number of carbonyl (C=O) groups is 2. The molecule has 0 fully saturated rings. The van der Waals surface area contributed by atoms with Crippen molar-refractivity contribution in [3.63, 3.8) is 0 Å². The number of rotatable bonds is 3. The van der Waals surface area contributed by atoms with Gasteiger partial charge in [-0.05, 0) is 12.1 Å². The monoisotopic (exact) mass is 289 g/mol. The smallest absolute Gasteiger partial charge is 0.283 e. The molecular formula is C10H8ClNO5S. The highest BCUT2D eigenvalue weighted by Gasteiger charge is 2.38. The van der Waals surface area contributed by atoms with E-state index in [0.717, 1.165) is 0 Å². The standard InChI is InChI=1S/C10H8ClNO5S/c11-8(18(15,16)17)5-12-9(13)6-3-1-2-4-7(6)10(12)14/h1-4,8H,5H2,(H,15,16,17). The van der Waals surface area contributed by atoms with Crippen molar-refractivity contribution < 1.29 is 22.6 Å². The predicted molar refractivity (Wildman–Crippen MR) is 63.0 cm³/mol. The molecule has 1 N–H and O–H groups in total. The number of imide groups is 1. The summed E-state index contributed by atoms with van der Waals surface area (Å²) in [5, 5.41) is 0. The van der Waals surface area contributed by atoms with E-state index < -0.39 is 33.2 Å². The van der Waals surface area contributed by atoms with Crippen LogP contribution >= 0.6 is 11.6 Å². The normalized spacial score (nSPS) is 16.9. The minimum atomic E-state index is -4.51. The molecule has 6 nitrogen and oxygen atoms in total. The highest BCUT2D eigenvalue weighted by atomic mass is 35.5. The van der Waals surface area contributed by atoms with Crippen molar-refractivity contribution in [3.05, 3.63) is 35.4 Å². The Morgan fingerprint density at radius 3 is 2.00 bits per heavy atom. The molecule has 1 aliphatic heterocycles. The number of alkyl halides is 1. The first-order valence-electron chi connectivity index (χ1n) is 4.88. The average molecular weight is 290 g/mol. The summed E-state index contributed by atoms with van der Waals surface area (Å²) in [4.78, 5) is 24.4. The number of carbonyl (C=O) groups excluding carboxylic acids is 2. The van der Waals surface area contributed by atoms with Gasteiger partial charge >= 0.3 is 0 Å². The maximum atomic E-state index is 11.8. The fourth-order valence-corrected chi connectivity index (χ4v) is 2.12. The molecular weight excluding hydrogens is 282 g/mol. The van der Waals surface area contributed by atoms with E-state index in [-0.39, 0.29) is 11.1 Å². The SMILES string of the molecule is O=C1c2ccccc2C(=O)N1CC(Cl)S(=O)(=O)O. The van der Waals surface area contributed by atoms with E-state index in [9.17, 15) is 18.0 Å². The second-order valence-electron chi connectivity index (χ2n) is 3.69. The summed E-state index contributed by atoms with van der Waals surface area (Å²) in [6.45, 7) is -0.591. The number of hydrogen-bond acceptors (Lipinski definition) is 4. The summed E-state index contributed by atoms with van der Waals surface area (Å²) in [5.41, 5.74) is 0.392. The molecule has 1 heterocycles. The van der Waals surface area contributed by atoms with E-state index in [2.05, 4.69) is 0 Å². The number of fused-ring (bicyclic) bond motifs is 1. The number of hydrogen-bond donors (Lipinski definition) is 1. The average Bonchev–Trinajstić information content (AvgIpc) is 2.54. The lowest BCUT2D eigenvalue weighted by Gasteiger charge is -2.15. The van der Waals surface area contributed by atoms with Crippen molar-refractivity contribution >= 4 is 33.5 Å². The highest BCUT2D eigenvalue weighted by molar-refractivity contribution is 7.87. The molecule has 0 aliphatic carbocycles. The second-order valence-corrected chi connectivity index (χ2v) is 6.08. The molecule has 18 heavy (non-hydrogen) atoms. The summed E-state index contributed by atoms with van der Waals surface area (Å²) < 4.78 is 28.5. The fourth-order valence-electron chi connectivity index (χ4n) is 1.64. The maximum Gasteiger partial charge on any atom is 0.283 e. The van der Waals surface area contributed by atoms with Gasteiger partial charge in [-0.25, -0.2) is 0 Å². The quantitative estimate of drug-likeness (QED) is 0.503. The van der Waals surface area contributed by atoms with Crippen LogP contribution in [0.3, 0.4) is 0 Å². The van der Waals surface area contributed by atoms with Crippen LogP contribution in [-0.4, -0.2) is 40.9 Å². The molecule has 1 aromatic carbocycles. The van der Waals surface area contributed by atoms with Gasteiger partial charge < -0.3 is 0 Å². The Kier molecular flexibility index (Phi) is 3.14. The predicted octanol–water partition coefficient (Wildman–Crippen LogP) is 0.735. The summed E-state index contributed by atoms with van der Waals surface area (Å²) in [7, 11) is -4.51. The number of amides is 2. The van der Waals surface area contributed by atoms with Gasteiger partial charge in [-0.2, -0.15) is 8.42 Å². The Hall–Kier alpha value is -1.44. The number of nitrogens with zero attached hydrogens (tertiary/aromatic N) is 1. The Balaban J connectivity index is 2.30. The van der Waals surface area contributed by atoms with Gasteiger partial charge in [-0.3, -0.25) is 19.0 Å². The summed E-state index contributed by atoms with van der Waals surface area (Å²) in [6.07, 6.45) is 0. The third-order valence-electron chi connectivity index (χ3n) is 2.53. The molecule has 0 saturated carbocycles.